The van der Waals surface area contributed by atoms with Gasteiger partial charge in [0.15, 0.2) is 0 Å². The minimum absolute atomic E-state index is 0.586. The molecule has 1 aromatic heterocycles. The van der Waals surface area contributed by atoms with Gasteiger partial charge in [-0.1, -0.05) is 45.8 Å². The normalized spacial score (nSPS) is 12.6. The molecule has 0 amide bonds. The zero-order valence-electron chi connectivity index (χ0n) is 10.0. The first-order valence-corrected chi connectivity index (χ1v) is 7.04. The van der Waals surface area contributed by atoms with E-state index in [-0.39, 0.29) is 0 Å². The van der Waals surface area contributed by atoms with Crippen molar-refractivity contribution in [3.8, 4) is 0 Å². The second kappa shape index (κ2) is 6.06. The second-order valence-electron chi connectivity index (χ2n) is 4.50. The largest absolute Gasteiger partial charge is 0.469 e. The Morgan fingerprint density at radius 1 is 1.18 bits per heavy atom. The van der Waals surface area contributed by atoms with Gasteiger partial charge in [0.1, 0.15) is 5.76 Å². The molecule has 0 aliphatic carbocycles. The highest BCUT2D eigenvalue weighted by Gasteiger charge is 2.11. The third-order valence-corrected chi connectivity index (χ3v) is 3.81. The molecule has 0 bridgehead atoms. The van der Waals surface area contributed by atoms with Gasteiger partial charge in [0.2, 0.25) is 0 Å². The van der Waals surface area contributed by atoms with Crippen molar-refractivity contribution >= 4 is 15.9 Å². The number of rotatable bonds is 5. The fourth-order valence-electron chi connectivity index (χ4n) is 2.07. The Morgan fingerprint density at radius 2 is 2.06 bits per heavy atom. The standard InChI is InChI=1S/C15H17BrO/c1-12-4-2-5-13(8-12)9-14(11-16)10-15-6-3-7-17-15/h2-8,14H,9-11H2,1H3. The minimum Gasteiger partial charge on any atom is -0.469 e. The summed E-state index contributed by atoms with van der Waals surface area (Å²) in [5, 5.41) is 1.00. The third kappa shape index (κ3) is 3.74. The van der Waals surface area contributed by atoms with Crippen molar-refractivity contribution in [1.29, 1.82) is 0 Å². The van der Waals surface area contributed by atoms with Crippen LogP contribution < -0.4 is 0 Å². The van der Waals surface area contributed by atoms with Crippen molar-refractivity contribution in [3.05, 3.63) is 59.5 Å². The van der Waals surface area contributed by atoms with Gasteiger partial charge in [-0.05, 0) is 37.0 Å². The van der Waals surface area contributed by atoms with Crippen LogP contribution in [0.25, 0.3) is 0 Å². The van der Waals surface area contributed by atoms with Crippen LogP contribution in [0.3, 0.4) is 0 Å². The Morgan fingerprint density at radius 3 is 2.71 bits per heavy atom. The van der Waals surface area contributed by atoms with Crippen LogP contribution in [0.15, 0.2) is 47.1 Å². The Hall–Kier alpha value is -1.02. The van der Waals surface area contributed by atoms with Gasteiger partial charge in [0.05, 0.1) is 6.26 Å². The summed E-state index contributed by atoms with van der Waals surface area (Å²) in [7, 11) is 0. The van der Waals surface area contributed by atoms with Crippen LogP contribution in [0.4, 0.5) is 0 Å². The molecule has 0 saturated heterocycles. The molecule has 90 valence electrons. The lowest BCUT2D eigenvalue weighted by atomic mass is 9.96. The second-order valence-corrected chi connectivity index (χ2v) is 5.14. The van der Waals surface area contributed by atoms with Gasteiger partial charge < -0.3 is 4.42 Å². The van der Waals surface area contributed by atoms with Gasteiger partial charge in [-0.2, -0.15) is 0 Å². The van der Waals surface area contributed by atoms with E-state index < -0.39 is 0 Å². The van der Waals surface area contributed by atoms with E-state index in [4.69, 9.17) is 4.42 Å². The number of aryl methyl sites for hydroxylation is 1. The fraction of sp³-hybridized carbons (Fsp3) is 0.333. The minimum atomic E-state index is 0.586. The molecule has 17 heavy (non-hydrogen) atoms. The van der Waals surface area contributed by atoms with Crippen LogP contribution in [-0.2, 0) is 12.8 Å². The summed E-state index contributed by atoms with van der Waals surface area (Å²) >= 11 is 3.60. The zero-order chi connectivity index (χ0) is 12.1. The highest BCUT2D eigenvalue weighted by molar-refractivity contribution is 9.09. The smallest absolute Gasteiger partial charge is 0.104 e. The lowest BCUT2D eigenvalue weighted by Crippen LogP contribution is -2.09. The Bertz CT molecular complexity index is 448. The monoisotopic (exact) mass is 292 g/mol. The highest BCUT2D eigenvalue weighted by Crippen LogP contribution is 2.18. The van der Waals surface area contributed by atoms with E-state index in [1.807, 2.05) is 12.1 Å². The van der Waals surface area contributed by atoms with Gasteiger partial charge >= 0.3 is 0 Å². The summed E-state index contributed by atoms with van der Waals surface area (Å²) in [5.74, 6) is 1.66. The molecule has 2 aromatic rings. The third-order valence-electron chi connectivity index (χ3n) is 2.90. The van der Waals surface area contributed by atoms with Crippen molar-refractivity contribution in [2.24, 2.45) is 5.92 Å². The molecule has 2 heteroatoms. The molecule has 0 fully saturated rings. The Balaban J connectivity index is 2.00. The van der Waals surface area contributed by atoms with Crippen molar-refractivity contribution < 1.29 is 4.42 Å². The molecule has 1 nitrogen and oxygen atoms in total. The number of hydrogen-bond acceptors (Lipinski definition) is 1. The molecule has 0 radical (unpaired) electrons. The molecule has 1 unspecified atom stereocenters. The number of halogens is 1. The van der Waals surface area contributed by atoms with E-state index in [0.717, 1.165) is 23.9 Å². The van der Waals surface area contributed by atoms with Crippen LogP contribution in [0.1, 0.15) is 16.9 Å². The maximum Gasteiger partial charge on any atom is 0.104 e. The SMILES string of the molecule is Cc1cccc(CC(CBr)Cc2ccco2)c1. The number of benzene rings is 1. The molecule has 0 aliphatic rings. The van der Waals surface area contributed by atoms with Gasteiger partial charge in [-0.15, -0.1) is 0 Å². The van der Waals surface area contributed by atoms with Gasteiger partial charge in [0.25, 0.3) is 0 Å². The quantitative estimate of drug-likeness (QED) is 0.745. The molecule has 0 aliphatic heterocycles. The first kappa shape index (κ1) is 12.4. The van der Waals surface area contributed by atoms with E-state index in [9.17, 15) is 0 Å². The molecule has 1 atom stereocenters. The van der Waals surface area contributed by atoms with Crippen molar-refractivity contribution in [3.63, 3.8) is 0 Å². The predicted molar refractivity (Wildman–Crippen MR) is 74.6 cm³/mol. The summed E-state index contributed by atoms with van der Waals surface area (Å²) in [4.78, 5) is 0. The molecular weight excluding hydrogens is 276 g/mol. The van der Waals surface area contributed by atoms with Gasteiger partial charge in [-0.3, -0.25) is 0 Å². The summed E-state index contributed by atoms with van der Waals surface area (Å²) in [6.07, 6.45) is 3.83. The average molecular weight is 293 g/mol. The van der Waals surface area contributed by atoms with Crippen LogP contribution in [0.5, 0.6) is 0 Å². The maximum atomic E-state index is 5.41. The van der Waals surface area contributed by atoms with Crippen LogP contribution >= 0.6 is 15.9 Å². The van der Waals surface area contributed by atoms with Crippen LogP contribution in [-0.4, -0.2) is 5.33 Å². The summed E-state index contributed by atoms with van der Waals surface area (Å²) in [6, 6.07) is 12.7. The van der Waals surface area contributed by atoms with Crippen LogP contribution in [0, 0.1) is 12.8 Å². The van der Waals surface area contributed by atoms with Crippen molar-refractivity contribution in [1.82, 2.24) is 0 Å². The predicted octanol–water partition coefficient (Wildman–Crippen LogP) is 4.38. The zero-order valence-corrected chi connectivity index (χ0v) is 11.6. The molecule has 0 N–H and O–H groups in total. The van der Waals surface area contributed by atoms with E-state index in [1.54, 1.807) is 6.26 Å². The lowest BCUT2D eigenvalue weighted by Gasteiger charge is -2.13. The molecule has 1 heterocycles. The van der Waals surface area contributed by atoms with E-state index in [2.05, 4.69) is 47.1 Å². The highest BCUT2D eigenvalue weighted by atomic mass is 79.9. The van der Waals surface area contributed by atoms with Gasteiger partial charge in [-0.25, -0.2) is 0 Å². The van der Waals surface area contributed by atoms with E-state index in [0.29, 0.717) is 5.92 Å². The topological polar surface area (TPSA) is 13.1 Å². The fourth-order valence-corrected chi connectivity index (χ4v) is 2.52. The molecule has 2 rings (SSSR count). The summed E-state index contributed by atoms with van der Waals surface area (Å²) < 4.78 is 5.41. The number of alkyl halides is 1. The van der Waals surface area contributed by atoms with Crippen molar-refractivity contribution in [2.75, 3.05) is 5.33 Å². The molecule has 1 aromatic carbocycles. The number of hydrogen-bond donors (Lipinski definition) is 0. The Labute approximate surface area is 111 Å². The number of furan rings is 1. The molecular formula is C15H17BrO. The van der Waals surface area contributed by atoms with E-state index >= 15 is 0 Å². The Kier molecular flexibility index (Phi) is 4.43. The first-order chi connectivity index (χ1) is 8.28. The lowest BCUT2D eigenvalue weighted by molar-refractivity contribution is 0.460. The van der Waals surface area contributed by atoms with E-state index in [1.165, 1.54) is 11.1 Å². The first-order valence-electron chi connectivity index (χ1n) is 5.92. The van der Waals surface area contributed by atoms with Crippen LogP contribution in [0.2, 0.25) is 0 Å². The average Bonchev–Trinajstić information content (AvgIpc) is 2.81. The maximum absolute atomic E-state index is 5.41. The van der Waals surface area contributed by atoms with Crippen molar-refractivity contribution in [2.45, 2.75) is 19.8 Å². The molecule has 0 spiro atoms. The van der Waals surface area contributed by atoms with Gasteiger partial charge in [0, 0.05) is 11.8 Å². The molecule has 0 saturated carbocycles. The summed E-state index contributed by atoms with van der Waals surface area (Å²) in [6.45, 7) is 2.14. The summed E-state index contributed by atoms with van der Waals surface area (Å²) in [5.41, 5.74) is 2.73.